The molecule has 0 spiro atoms. The highest BCUT2D eigenvalue weighted by atomic mass is 32.2. The molecule has 27 heavy (non-hydrogen) atoms. The Balaban J connectivity index is 2.07. The van der Waals surface area contributed by atoms with Crippen LogP contribution in [0.4, 0.5) is 18.9 Å². The third kappa shape index (κ3) is 4.16. The van der Waals surface area contributed by atoms with E-state index in [4.69, 9.17) is 0 Å². The number of thioether (sulfide) groups is 1. The van der Waals surface area contributed by atoms with E-state index in [0.29, 0.717) is 0 Å². The van der Waals surface area contributed by atoms with Crippen LogP contribution >= 0.6 is 11.8 Å². The van der Waals surface area contributed by atoms with Crippen molar-refractivity contribution < 1.29 is 26.4 Å². The average Bonchev–Trinajstić information content (AvgIpc) is 2.96. The molecule has 10 heteroatoms. The quantitative estimate of drug-likeness (QED) is 0.697. The molecule has 0 bridgehead atoms. The number of carbonyl (C=O) groups is 1. The van der Waals surface area contributed by atoms with E-state index in [1.54, 1.807) is 20.8 Å². The van der Waals surface area contributed by atoms with Gasteiger partial charge in [0, 0.05) is 16.4 Å². The molecule has 0 radical (unpaired) electrons. The van der Waals surface area contributed by atoms with Crippen molar-refractivity contribution >= 4 is 38.4 Å². The average molecular weight is 420 g/mol. The van der Waals surface area contributed by atoms with Crippen molar-refractivity contribution in [1.82, 2.24) is 0 Å². The minimum absolute atomic E-state index is 0.0828. The van der Waals surface area contributed by atoms with Crippen LogP contribution < -0.4 is 4.90 Å². The van der Waals surface area contributed by atoms with E-state index in [0.717, 1.165) is 23.9 Å². The lowest BCUT2D eigenvalue weighted by molar-refractivity contribution is -0.137. The predicted molar refractivity (Wildman–Crippen MR) is 99.6 cm³/mol. The molecule has 2 aliphatic rings. The number of hydrogen-bond acceptors (Lipinski definition) is 4. The number of fused-ring (bicyclic) bond motifs is 1. The predicted octanol–water partition coefficient (Wildman–Crippen LogP) is 3.35. The van der Waals surface area contributed by atoms with Crippen LogP contribution in [0.25, 0.3) is 0 Å². The zero-order valence-corrected chi connectivity index (χ0v) is 16.6. The number of benzene rings is 1. The fourth-order valence-electron chi connectivity index (χ4n) is 2.95. The molecule has 0 unspecified atom stereocenters. The van der Waals surface area contributed by atoms with Crippen LogP contribution in [0.2, 0.25) is 0 Å². The van der Waals surface area contributed by atoms with E-state index in [2.05, 4.69) is 4.99 Å². The van der Waals surface area contributed by atoms with Gasteiger partial charge in [0.25, 0.3) is 5.91 Å². The third-order valence-corrected chi connectivity index (χ3v) is 7.57. The Morgan fingerprint density at radius 3 is 2.48 bits per heavy atom. The third-order valence-electron chi connectivity index (χ3n) is 4.36. The van der Waals surface area contributed by atoms with Gasteiger partial charge in [-0.05, 0) is 18.2 Å². The summed E-state index contributed by atoms with van der Waals surface area (Å²) in [6.07, 6.45) is -4.53. The van der Waals surface area contributed by atoms with Gasteiger partial charge in [-0.2, -0.15) is 18.2 Å². The van der Waals surface area contributed by atoms with E-state index in [1.165, 1.54) is 17.0 Å². The minimum Gasteiger partial charge on any atom is -0.316 e. The van der Waals surface area contributed by atoms with Crippen molar-refractivity contribution in [3.63, 3.8) is 0 Å². The van der Waals surface area contributed by atoms with Gasteiger partial charge < -0.3 is 4.90 Å². The number of alkyl halides is 3. The standard InChI is InChI=1S/C17H19F3N2O3S2/c1-16(2,3)14(23)21-15-22(12-8-27(24,25)9-13(12)26-15)11-6-4-5-10(7-11)17(18,19)20/h4-7,12-13H,8-9H2,1-3H3/t12-,13-/m0/s1. The fourth-order valence-corrected chi connectivity index (χ4v) is 6.87. The number of amides is 1. The van der Waals surface area contributed by atoms with Crippen molar-refractivity contribution in [3.8, 4) is 0 Å². The molecule has 1 aromatic carbocycles. The maximum Gasteiger partial charge on any atom is 0.416 e. The van der Waals surface area contributed by atoms with E-state index in [-0.39, 0.29) is 27.6 Å². The van der Waals surface area contributed by atoms with Gasteiger partial charge >= 0.3 is 6.18 Å². The molecular formula is C17H19F3N2O3S2. The Hall–Kier alpha value is -1.55. The van der Waals surface area contributed by atoms with Crippen LogP contribution in [0.1, 0.15) is 26.3 Å². The van der Waals surface area contributed by atoms with Crippen molar-refractivity contribution in [2.24, 2.45) is 10.4 Å². The number of carbonyl (C=O) groups excluding carboxylic acids is 1. The fraction of sp³-hybridized carbons (Fsp3) is 0.529. The Labute approximate surface area is 159 Å². The summed E-state index contributed by atoms with van der Waals surface area (Å²) >= 11 is 1.14. The van der Waals surface area contributed by atoms with E-state index in [9.17, 15) is 26.4 Å². The summed E-state index contributed by atoms with van der Waals surface area (Å²) in [4.78, 5) is 17.9. The summed E-state index contributed by atoms with van der Waals surface area (Å²) < 4.78 is 63.3. The van der Waals surface area contributed by atoms with Gasteiger partial charge in [0.15, 0.2) is 15.0 Å². The van der Waals surface area contributed by atoms with Gasteiger partial charge in [0.2, 0.25) is 0 Å². The molecule has 1 amide bonds. The zero-order chi connectivity index (χ0) is 20.2. The van der Waals surface area contributed by atoms with Gasteiger partial charge in [-0.25, -0.2) is 8.42 Å². The monoisotopic (exact) mass is 420 g/mol. The molecule has 5 nitrogen and oxygen atoms in total. The highest BCUT2D eigenvalue weighted by molar-refractivity contribution is 8.16. The summed E-state index contributed by atoms with van der Waals surface area (Å²) in [7, 11) is -3.29. The molecule has 2 aliphatic heterocycles. The number of amidine groups is 1. The van der Waals surface area contributed by atoms with Crippen molar-refractivity contribution in [1.29, 1.82) is 0 Å². The number of aliphatic imine (C=N–C) groups is 1. The summed E-state index contributed by atoms with van der Waals surface area (Å²) in [6.45, 7) is 5.08. The number of sulfone groups is 1. The number of halogens is 3. The Morgan fingerprint density at radius 1 is 1.22 bits per heavy atom. The first-order valence-electron chi connectivity index (χ1n) is 8.25. The smallest absolute Gasteiger partial charge is 0.316 e. The molecule has 0 aromatic heterocycles. The first-order chi connectivity index (χ1) is 12.3. The summed E-state index contributed by atoms with van der Waals surface area (Å²) in [5.41, 5.74) is -1.41. The van der Waals surface area contributed by atoms with E-state index >= 15 is 0 Å². The lowest BCUT2D eigenvalue weighted by Crippen LogP contribution is -2.38. The summed E-state index contributed by atoms with van der Waals surface area (Å²) in [5.74, 6) is -0.672. The van der Waals surface area contributed by atoms with Gasteiger partial charge in [0.1, 0.15) is 0 Å². The topological polar surface area (TPSA) is 66.8 Å². The molecule has 1 aromatic rings. The van der Waals surface area contributed by atoms with Crippen LogP contribution in [0.3, 0.4) is 0 Å². The highest BCUT2D eigenvalue weighted by Gasteiger charge is 2.50. The Kier molecular flexibility index (Phi) is 4.87. The minimum atomic E-state index is -4.53. The second-order valence-corrected chi connectivity index (χ2v) is 11.0. The van der Waals surface area contributed by atoms with Gasteiger partial charge in [-0.3, -0.25) is 4.79 Å². The Morgan fingerprint density at radius 2 is 1.89 bits per heavy atom. The molecule has 2 heterocycles. The first kappa shape index (κ1) is 20.2. The number of rotatable bonds is 1. The van der Waals surface area contributed by atoms with E-state index < -0.39 is 38.9 Å². The van der Waals surface area contributed by atoms with Crippen LogP contribution in [0.5, 0.6) is 0 Å². The maximum atomic E-state index is 13.1. The summed E-state index contributed by atoms with van der Waals surface area (Å²) in [6, 6.07) is 4.11. The highest BCUT2D eigenvalue weighted by Crippen LogP contribution is 2.42. The number of nitrogens with zero attached hydrogens (tertiary/aromatic N) is 2. The first-order valence-corrected chi connectivity index (χ1v) is 10.9. The molecule has 2 atom stereocenters. The second kappa shape index (κ2) is 6.51. The van der Waals surface area contributed by atoms with Gasteiger partial charge in [-0.1, -0.05) is 38.6 Å². The van der Waals surface area contributed by atoms with Crippen LogP contribution in [0.15, 0.2) is 29.3 Å². The molecule has 2 fully saturated rings. The van der Waals surface area contributed by atoms with Gasteiger partial charge in [-0.15, -0.1) is 0 Å². The largest absolute Gasteiger partial charge is 0.416 e. The molecule has 148 valence electrons. The van der Waals surface area contributed by atoms with Gasteiger partial charge in [0.05, 0.1) is 23.1 Å². The van der Waals surface area contributed by atoms with Crippen molar-refractivity contribution in [3.05, 3.63) is 29.8 Å². The molecule has 3 rings (SSSR count). The molecule has 0 aliphatic carbocycles. The maximum absolute atomic E-state index is 13.1. The zero-order valence-electron chi connectivity index (χ0n) is 14.9. The molecule has 0 saturated carbocycles. The SMILES string of the molecule is CC(C)(C)C(=O)N=C1S[C@H]2CS(=O)(=O)C[C@@H]2N1c1cccc(C(F)(F)F)c1. The van der Waals surface area contributed by atoms with Crippen molar-refractivity contribution in [2.45, 2.75) is 38.2 Å². The van der Waals surface area contributed by atoms with Crippen molar-refractivity contribution in [2.75, 3.05) is 16.4 Å². The Bertz CT molecular complexity index is 905. The summed E-state index contributed by atoms with van der Waals surface area (Å²) in [5, 5.41) is -0.116. The molecule has 2 saturated heterocycles. The van der Waals surface area contributed by atoms with Crippen LogP contribution in [-0.2, 0) is 20.8 Å². The lowest BCUT2D eigenvalue weighted by Gasteiger charge is -2.26. The molecular weight excluding hydrogens is 401 g/mol. The van der Waals surface area contributed by atoms with Crippen LogP contribution in [0, 0.1) is 5.41 Å². The second-order valence-electron chi connectivity index (χ2n) is 7.67. The number of anilines is 1. The normalized spacial score (nSPS) is 26.4. The number of hydrogen-bond donors (Lipinski definition) is 0. The van der Waals surface area contributed by atoms with E-state index in [1.807, 2.05) is 0 Å². The molecule has 0 N–H and O–H groups in total. The van der Waals surface area contributed by atoms with Crippen LogP contribution in [-0.4, -0.2) is 42.3 Å². The lowest BCUT2D eigenvalue weighted by atomic mass is 9.96.